The molecule has 0 amide bonds. The van der Waals surface area contributed by atoms with Crippen LogP contribution in [0, 0.1) is 0 Å². The van der Waals surface area contributed by atoms with Gasteiger partial charge in [0.25, 0.3) is 5.56 Å². The zero-order valence-electron chi connectivity index (χ0n) is 11.8. The number of nitrogens with zero attached hydrogens (tertiary/aromatic N) is 3. The molecule has 0 bridgehead atoms. The lowest BCUT2D eigenvalue weighted by molar-refractivity contribution is 0.671. The number of hydrogen-bond donors (Lipinski definition) is 2. The first kappa shape index (κ1) is 13.2. The summed E-state index contributed by atoms with van der Waals surface area (Å²) in [5, 5.41) is 11.1. The van der Waals surface area contributed by atoms with Gasteiger partial charge >= 0.3 is 5.69 Å². The third-order valence-corrected chi connectivity index (χ3v) is 3.44. The van der Waals surface area contributed by atoms with Gasteiger partial charge < -0.3 is 9.88 Å². The highest BCUT2D eigenvalue weighted by Gasteiger charge is 2.06. The first-order valence-corrected chi connectivity index (χ1v) is 6.49. The van der Waals surface area contributed by atoms with Crippen LogP contribution in [0.25, 0.3) is 10.9 Å². The lowest BCUT2D eigenvalue weighted by Crippen LogP contribution is -2.38. The van der Waals surface area contributed by atoms with Crippen molar-refractivity contribution in [1.82, 2.24) is 19.3 Å². The van der Waals surface area contributed by atoms with E-state index in [4.69, 9.17) is 0 Å². The second-order valence-corrected chi connectivity index (χ2v) is 4.94. The summed E-state index contributed by atoms with van der Waals surface area (Å²) in [5.74, 6) is 0. The van der Waals surface area contributed by atoms with Crippen LogP contribution in [0.2, 0.25) is 0 Å². The molecule has 0 aliphatic heterocycles. The van der Waals surface area contributed by atoms with E-state index < -0.39 is 0 Å². The molecule has 0 saturated heterocycles. The first-order valence-electron chi connectivity index (χ1n) is 6.49. The van der Waals surface area contributed by atoms with Crippen LogP contribution in [0.5, 0.6) is 0 Å². The Morgan fingerprint density at radius 2 is 2.10 bits per heavy atom. The third kappa shape index (κ3) is 2.33. The minimum Gasteiger partial charge on any atom is -0.381 e. The van der Waals surface area contributed by atoms with E-state index in [0.717, 1.165) is 21.2 Å². The van der Waals surface area contributed by atoms with Crippen molar-refractivity contribution in [3.63, 3.8) is 0 Å². The zero-order chi connectivity index (χ0) is 15.0. The Morgan fingerprint density at radius 3 is 2.90 bits per heavy atom. The molecule has 2 aromatic heterocycles. The van der Waals surface area contributed by atoms with Gasteiger partial charge in [-0.05, 0) is 18.2 Å². The van der Waals surface area contributed by atoms with Gasteiger partial charge in [0.1, 0.15) is 0 Å². The molecule has 7 heteroatoms. The van der Waals surface area contributed by atoms with Gasteiger partial charge in [-0.3, -0.25) is 14.5 Å². The number of aryl methyl sites for hydroxylation is 1. The molecule has 3 rings (SSSR count). The number of nitrogens with one attached hydrogen (secondary N) is 2. The highest BCUT2D eigenvalue weighted by Crippen LogP contribution is 2.16. The number of anilines is 1. The molecule has 0 aliphatic carbocycles. The standard InChI is InChI=1S/C14H15N5O2/c1-18-8-10(13(20)19(2)14(18)21)6-15-11-4-3-9-7-16-17-12(9)5-11/h3-5,7-8,15H,6H2,1-2H3,(H,16,17). The number of benzene rings is 1. The van der Waals surface area contributed by atoms with E-state index in [2.05, 4.69) is 15.5 Å². The number of rotatable bonds is 3. The van der Waals surface area contributed by atoms with Crippen LogP contribution in [0.15, 0.2) is 40.2 Å². The number of aromatic nitrogens is 4. The van der Waals surface area contributed by atoms with Crippen LogP contribution >= 0.6 is 0 Å². The van der Waals surface area contributed by atoms with Crippen LogP contribution in [0.4, 0.5) is 5.69 Å². The lowest BCUT2D eigenvalue weighted by Gasteiger charge is -2.09. The SMILES string of the molecule is Cn1cc(CNc2ccc3cn[nH]c3c2)c(=O)n(C)c1=O. The Labute approximate surface area is 119 Å². The Balaban J connectivity index is 1.87. The smallest absolute Gasteiger partial charge is 0.330 e. The van der Waals surface area contributed by atoms with Crippen molar-refractivity contribution >= 4 is 16.6 Å². The summed E-state index contributed by atoms with van der Waals surface area (Å²) in [4.78, 5) is 23.7. The highest BCUT2D eigenvalue weighted by molar-refractivity contribution is 5.81. The van der Waals surface area contributed by atoms with Crippen molar-refractivity contribution in [2.75, 3.05) is 5.32 Å². The van der Waals surface area contributed by atoms with Crippen LogP contribution in [0.1, 0.15) is 5.56 Å². The van der Waals surface area contributed by atoms with Gasteiger partial charge in [0.05, 0.1) is 17.3 Å². The number of hydrogen-bond acceptors (Lipinski definition) is 4. The Kier molecular flexibility index (Phi) is 3.09. The summed E-state index contributed by atoms with van der Waals surface area (Å²) >= 11 is 0. The lowest BCUT2D eigenvalue weighted by atomic mass is 10.2. The van der Waals surface area contributed by atoms with E-state index in [9.17, 15) is 9.59 Å². The number of aromatic amines is 1. The number of H-pyrrole nitrogens is 1. The molecule has 0 spiro atoms. The molecule has 2 N–H and O–H groups in total. The summed E-state index contributed by atoms with van der Waals surface area (Å²) < 4.78 is 2.51. The van der Waals surface area contributed by atoms with Crippen molar-refractivity contribution in [3.8, 4) is 0 Å². The second kappa shape index (κ2) is 4.93. The maximum absolute atomic E-state index is 12.0. The first-order chi connectivity index (χ1) is 10.1. The van der Waals surface area contributed by atoms with Crippen molar-refractivity contribution in [2.45, 2.75) is 6.54 Å². The predicted octanol–water partition coefficient (Wildman–Crippen LogP) is 0.572. The topological polar surface area (TPSA) is 84.7 Å². The third-order valence-electron chi connectivity index (χ3n) is 3.44. The molecular formula is C14H15N5O2. The van der Waals surface area contributed by atoms with E-state index in [0.29, 0.717) is 12.1 Å². The molecule has 0 aliphatic rings. The second-order valence-electron chi connectivity index (χ2n) is 4.94. The Morgan fingerprint density at radius 1 is 1.29 bits per heavy atom. The van der Waals surface area contributed by atoms with Gasteiger partial charge in [-0.2, -0.15) is 5.10 Å². The van der Waals surface area contributed by atoms with Crippen LogP contribution < -0.4 is 16.6 Å². The maximum Gasteiger partial charge on any atom is 0.330 e. The molecule has 7 nitrogen and oxygen atoms in total. The van der Waals surface area contributed by atoms with Crippen molar-refractivity contribution in [3.05, 3.63) is 57.0 Å². The molecule has 21 heavy (non-hydrogen) atoms. The highest BCUT2D eigenvalue weighted by atomic mass is 16.2. The van der Waals surface area contributed by atoms with Gasteiger partial charge in [0.2, 0.25) is 0 Å². The molecule has 0 fully saturated rings. The fraction of sp³-hybridized carbons (Fsp3) is 0.214. The van der Waals surface area contributed by atoms with Crippen molar-refractivity contribution in [1.29, 1.82) is 0 Å². The van der Waals surface area contributed by atoms with Gasteiger partial charge in [-0.1, -0.05) is 0 Å². The minimum absolute atomic E-state index is 0.284. The Hall–Kier alpha value is -2.83. The van der Waals surface area contributed by atoms with Crippen molar-refractivity contribution < 1.29 is 0 Å². The average Bonchev–Trinajstić information content (AvgIpc) is 2.95. The summed E-state index contributed by atoms with van der Waals surface area (Å²) in [6.07, 6.45) is 3.31. The minimum atomic E-state index is -0.331. The fourth-order valence-corrected chi connectivity index (χ4v) is 2.25. The van der Waals surface area contributed by atoms with Gasteiger partial charge in [0, 0.05) is 37.9 Å². The Bertz CT molecular complexity index is 919. The molecular weight excluding hydrogens is 270 g/mol. The fourth-order valence-electron chi connectivity index (χ4n) is 2.25. The summed E-state index contributed by atoms with van der Waals surface area (Å²) in [6, 6.07) is 5.79. The molecule has 1 aromatic carbocycles. The van der Waals surface area contributed by atoms with E-state index in [-0.39, 0.29) is 11.2 Å². The maximum atomic E-state index is 12.0. The van der Waals surface area contributed by atoms with E-state index in [1.807, 2.05) is 18.2 Å². The van der Waals surface area contributed by atoms with E-state index >= 15 is 0 Å². The van der Waals surface area contributed by atoms with E-state index in [1.165, 1.54) is 11.6 Å². The molecule has 108 valence electrons. The summed E-state index contributed by atoms with van der Waals surface area (Å²) in [5.41, 5.74) is 1.72. The molecule has 0 saturated carbocycles. The van der Waals surface area contributed by atoms with Crippen LogP contribution in [-0.4, -0.2) is 19.3 Å². The van der Waals surface area contributed by atoms with Crippen LogP contribution in [0.3, 0.4) is 0 Å². The molecule has 2 heterocycles. The van der Waals surface area contributed by atoms with Crippen molar-refractivity contribution in [2.24, 2.45) is 14.1 Å². The molecule has 3 aromatic rings. The molecule has 0 unspecified atom stereocenters. The quantitative estimate of drug-likeness (QED) is 0.737. The predicted molar refractivity (Wildman–Crippen MR) is 80.3 cm³/mol. The summed E-state index contributed by atoms with van der Waals surface area (Å²) in [7, 11) is 3.10. The van der Waals surface area contributed by atoms with E-state index in [1.54, 1.807) is 19.4 Å². The molecule has 0 radical (unpaired) electrons. The normalized spacial score (nSPS) is 11.0. The zero-order valence-corrected chi connectivity index (χ0v) is 11.8. The largest absolute Gasteiger partial charge is 0.381 e. The molecule has 0 atom stereocenters. The van der Waals surface area contributed by atoms with Crippen LogP contribution in [-0.2, 0) is 20.6 Å². The van der Waals surface area contributed by atoms with Gasteiger partial charge in [0.15, 0.2) is 0 Å². The summed E-state index contributed by atoms with van der Waals surface area (Å²) in [6.45, 7) is 0.348. The monoisotopic (exact) mass is 285 g/mol. The van der Waals surface area contributed by atoms with Gasteiger partial charge in [-0.25, -0.2) is 4.79 Å². The average molecular weight is 285 g/mol. The number of fused-ring (bicyclic) bond motifs is 1. The van der Waals surface area contributed by atoms with Gasteiger partial charge in [-0.15, -0.1) is 0 Å².